The number of rotatable bonds is 1. The van der Waals surface area contributed by atoms with Crippen molar-refractivity contribution in [2.24, 2.45) is 0 Å². The molecule has 0 radical (unpaired) electrons. The van der Waals surface area contributed by atoms with Gasteiger partial charge in [0.1, 0.15) is 6.61 Å². The molecule has 0 saturated carbocycles. The molecule has 1 aromatic rings. The molecule has 96 valence electrons. The Balaban J connectivity index is 2.24. The molecule has 0 unspecified atom stereocenters. The fourth-order valence-electron chi connectivity index (χ4n) is 1.58. The van der Waals surface area contributed by atoms with Crippen molar-refractivity contribution >= 4 is 17.6 Å². The van der Waals surface area contributed by atoms with Crippen LogP contribution in [0.4, 0.5) is 18.9 Å². The summed E-state index contributed by atoms with van der Waals surface area (Å²) < 4.78 is 41.5. The van der Waals surface area contributed by atoms with Crippen molar-refractivity contribution in [2.75, 3.05) is 18.1 Å². The first-order chi connectivity index (χ1) is 8.39. The van der Waals surface area contributed by atoms with Gasteiger partial charge in [0.25, 0.3) is 0 Å². The highest BCUT2D eigenvalue weighted by atomic mass is 19.4. The van der Waals surface area contributed by atoms with Crippen LogP contribution >= 0.6 is 0 Å². The Morgan fingerprint density at radius 1 is 1.11 bits per heavy atom. The van der Waals surface area contributed by atoms with E-state index in [-0.39, 0.29) is 18.8 Å². The molecule has 0 bridgehead atoms. The van der Waals surface area contributed by atoms with Crippen LogP contribution in [-0.4, -0.2) is 25.0 Å². The third-order valence-electron chi connectivity index (χ3n) is 2.47. The maximum atomic E-state index is 12.3. The lowest BCUT2D eigenvalue weighted by Crippen LogP contribution is -2.45. The first-order valence-corrected chi connectivity index (χ1v) is 5.05. The molecule has 1 amide bonds. The zero-order chi connectivity index (χ0) is 13.3. The van der Waals surface area contributed by atoms with E-state index in [2.05, 4.69) is 4.74 Å². The van der Waals surface area contributed by atoms with E-state index in [1.54, 1.807) is 0 Å². The second kappa shape index (κ2) is 4.32. The lowest BCUT2D eigenvalue weighted by Gasteiger charge is -2.25. The molecule has 1 aliphatic rings. The molecule has 0 atom stereocenters. The average molecular weight is 259 g/mol. The van der Waals surface area contributed by atoms with Crippen LogP contribution in [0.2, 0.25) is 0 Å². The predicted octanol–water partition coefficient (Wildman–Crippen LogP) is 1.60. The molecule has 4 nitrogen and oxygen atoms in total. The highest BCUT2D eigenvalue weighted by Gasteiger charge is 2.32. The standard InChI is InChI=1S/C11H8F3NO3/c12-11(13,14)7-1-3-8(4-2-7)15-5-6-18-10(17)9(15)16/h1-4H,5-6H2. The average Bonchev–Trinajstić information content (AvgIpc) is 2.32. The lowest BCUT2D eigenvalue weighted by atomic mass is 10.2. The summed E-state index contributed by atoms with van der Waals surface area (Å²) in [5.41, 5.74) is -0.567. The Morgan fingerprint density at radius 2 is 1.72 bits per heavy atom. The quantitative estimate of drug-likeness (QED) is 0.568. The maximum Gasteiger partial charge on any atom is 0.416 e. The number of hydrogen-bond donors (Lipinski definition) is 0. The molecule has 2 rings (SSSR count). The Morgan fingerprint density at radius 3 is 2.28 bits per heavy atom. The molecule has 18 heavy (non-hydrogen) atoms. The summed E-state index contributed by atoms with van der Waals surface area (Å²) in [4.78, 5) is 23.5. The Hall–Kier alpha value is -2.05. The zero-order valence-corrected chi connectivity index (χ0v) is 9.03. The summed E-state index contributed by atoms with van der Waals surface area (Å²) in [6, 6.07) is 4.03. The molecule has 1 fully saturated rings. The first kappa shape index (κ1) is 12.4. The van der Waals surface area contributed by atoms with Crippen molar-refractivity contribution in [2.45, 2.75) is 6.18 Å². The number of carbonyl (C=O) groups excluding carboxylic acids is 2. The summed E-state index contributed by atoms with van der Waals surface area (Å²) in [6.07, 6.45) is -4.43. The van der Waals surface area contributed by atoms with Gasteiger partial charge in [0.15, 0.2) is 0 Å². The fraction of sp³-hybridized carbons (Fsp3) is 0.273. The van der Waals surface area contributed by atoms with E-state index in [1.165, 1.54) is 0 Å². The van der Waals surface area contributed by atoms with Crippen molar-refractivity contribution in [1.82, 2.24) is 0 Å². The van der Waals surface area contributed by atoms with Crippen LogP contribution in [0.5, 0.6) is 0 Å². The highest BCUT2D eigenvalue weighted by Crippen LogP contribution is 2.30. The number of esters is 1. The van der Waals surface area contributed by atoms with Crippen molar-refractivity contribution in [3.8, 4) is 0 Å². The minimum absolute atomic E-state index is 0.0333. The third-order valence-corrected chi connectivity index (χ3v) is 2.47. The molecular formula is C11H8F3NO3. The van der Waals surface area contributed by atoms with E-state index in [4.69, 9.17) is 0 Å². The van der Waals surface area contributed by atoms with Gasteiger partial charge in [0.2, 0.25) is 0 Å². The number of hydrogen-bond acceptors (Lipinski definition) is 3. The smallest absolute Gasteiger partial charge is 0.416 e. The summed E-state index contributed by atoms with van der Waals surface area (Å²) in [6.45, 7) is 0.168. The van der Waals surface area contributed by atoms with Crippen LogP contribution in [0.25, 0.3) is 0 Å². The van der Waals surface area contributed by atoms with Gasteiger partial charge in [0, 0.05) is 5.69 Å². The number of anilines is 1. The second-order valence-electron chi connectivity index (χ2n) is 3.64. The van der Waals surface area contributed by atoms with Gasteiger partial charge in [-0.05, 0) is 24.3 Å². The van der Waals surface area contributed by atoms with Crippen molar-refractivity contribution < 1.29 is 27.5 Å². The number of halogens is 3. The molecule has 0 N–H and O–H groups in total. The van der Waals surface area contributed by atoms with E-state index in [1.807, 2.05) is 0 Å². The Bertz CT molecular complexity index is 481. The maximum absolute atomic E-state index is 12.3. The molecule has 1 saturated heterocycles. The van der Waals surface area contributed by atoms with Crippen LogP contribution < -0.4 is 4.90 Å². The van der Waals surface area contributed by atoms with Gasteiger partial charge >= 0.3 is 18.1 Å². The van der Waals surface area contributed by atoms with E-state index < -0.39 is 23.6 Å². The predicted molar refractivity (Wildman–Crippen MR) is 54.8 cm³/mol. The molecule has 1 aliphatic heterocycles. The number of benzene rings is 1. The van der Waals surface area contributed by atoms with Gasteiger partial charge < -0.3 is 4.74 Å². The van der Waals surface area contributed by atoms with Crippen molar-refractivity contribution in [3.63, 3.8) is 0 Å². The van der Waals surface area contributed by atoms with Crippen molar-refractivity contribution in [1.29, 1.82) is 0 Å². The van der Waals surface area contributed by atoms with Crippen LogP contribution in [0, 0.1) is 0 Å². The molecule has 7 heteroatoms. The molecular weight excluding hydrogens is 251 g/mol. The van der Waals surface area contributed by atoms with Gasteiger partial charge in [-0.1, -0.05) is 0 Å². The number of cyclic esters (lactones) is 1. The summed E-state index contributed by atoms with van der Waals surface area (Å²) in [5.74, 6) is -1.87. The lowest BCUT2D eigenvalue weighted by molar-refractivity contribution is -0.156. The molecule has 0 spiro atoms. The third kappa shape index (κ3) is 2.29. The van der Waals surface area contributed by atoms with E-state index in [0.29, 0.717) is 0 Å². The first-order valence-electron chi connectivity index (χ1n) is 5.05. The normalized spacial score (nSPS) is 16.7. The second-order valence-corrected chi connectivity index (χ2v) is 3.64. The topological polar surface area (TPSA) is 46.6 Å². The monoisotopic (exact) mass is 259 g/mol. The summed E-state index contributed by atoms with van der Waals surface area (Å²) >= 11 is 0. The Kier molecular flexibility index (Phi) is 2.98. The summed E-state index contributed by atoms with van der Waals surface area (Å²) in [5, 5.41) is 0. The van der Waals surface area contributed by atoms with Gasteiger partial charge in [-0.25, -0.2) is 4.79 Å². The van der Waals surface area contributed by atoms with Crippen LogP contribution in [-0.2, 0) is 20.5 Å². The summed E-state index contributed by atoms with van der Waals surface area (Å²) in [7, 11) is 0. The number of ether oxygens (including phenoxy) is 1. The minimum atomic E-state index is -4.43. The number of amides is 1. The van der Waals surface area contributed by atoms with Crippen molar-refractivity contribution in [3.05, 3.63) is 29.8 Å². The van der Waals surface area contributed by atoms with E-state index in [0.717, 1.165) is 29.2 Å². The fourth-order valence-corrected chi connectivity index (χ4v) is 1.58. The largest absolute Gasteiger partial charge is 0.457 e. The Labute approximate surface area is 99.9 Å². The minimum Gasteiger partial charge on any atom is -0.457 e. The highest BCUT2D eigenvalue weighted by molar-refractivity contribution is 6.38. The molecule has 0 aromatic heterocycles. The molecule has 1 aromatic carbocycles. The zero-order valence-electron chi connectivity index (χ0n) is 9.03. The number of morpholine rings is 1. The van der Waals surface area contributed by atoms with Crippen LogP contribution in [0.3, 0.4) is 0 Å². The van der Waals surface area contributed by atoms with E-state index in [9.17, 15) is 22.8 Å². The SMILES string of the molecule is O=C1OCCN(c2ccc(C(F)(F)F)cc2)C1=O. The van der Waals surface area contributed by atoms with Gasteiger partial charge in [-0.15, -0.1) is 0 Å². The number of alkyl halides is 3. The van der Waals surface area contributed by atoms with E-state index >= 15 is 0 Å². The molecule has 1 heterocycles. The van der Waals surface area contributed by atoms with Gasteiger partial charge in [-0.3, -0.25) is 9.69 Å². The van der Waals surface area contributed by atoms with Gasteiger partial charge in [0.05, 0.1) is 12.1 Å². The molecule has 0 aliphatic carbocycles. The van der Waals surface area contributed by atoms with Crippen LogP contribution in [0.15, 0.2) is 24.3 Å². The number of carbonyl (C=O) groups is 2. The number of nitrogens with zero attached hydrogens (tertiary/aromatic N) is 1. The van der Waals surface area contributed by atoms with Gasteiger partial charge in [-0.2, -0.15) is 13.2 Å². The van der Waals surface area contributed by atoms with Crippen LogP contribution in [0.1, 0.15) is 5.56 Å².